The summed E-state index contributed by atoms with van der Waals surface area (Å²) in [5, 5.41) is 0.238. The lowest BCUT2D eigenvalue weighted by atomic mass is 10.1. The van der Waals surface area contributed by atoms with Crippen LogP contribution in [0, 0.1) is 6.92 Å². The number of halogens is 1. The SMILES string of the molecule is Cc1ccc(S(=O)(=O)Nc2ncccc2Cl)cc1CN. The first-order chi connectivity index (χ1) is 9.44. The van der Waals surface area contributed by atoms with Gasteiger partial charge in [-0.1, -0.05) is 17.7 Å². The molecule has 20 heavy (non-hydrogen) atoms. The Hall–Kier alpha value is -1.63. The molecule has 0 unspecified atom stereocenters. The standard InChI is InChI=1S/C13H14ClN3O2S/c1-9-4-5-11(7-10(9)8-15)20(18,19)17-13-12(14)3-2-6-16-13/h2-7H,8,15H2,1H3,(H,16,17). The van der Waals surface area contributed by atoms with E-state index in [9.17, 15) is 8.42 Å². The normalized spacial score (nSPS) is 11.3. The van der Waals surface area contributed by atoms with Crippen LogP contribution in [-0.4, -0.2) is 13.4 Å². The molecular formula is C13H14ClN3O2S. The fourth-order valence-electron chi connectivity index (χ4n) is 1.68. The molecule has 0 fully saturated rings. The molecule has 0 bridgehead atoms. The summed E-state index contributed by atoms with van der Waals surface area (Å²) in [6, 6.07) is 7.98. The minimum Gasteiger partial charge on any atom is -0.326 e. The van der Waals surface area contributed by atoms with Crippen molar-refractivity contribution in [2.45, 2.75) is 18.4 Å². The maximum absolute atomic E-state index is 12.3. The minimum atomic E-state index is -3.74. The zero-order valence-electron chi connectivity index (χ0n) is 10.8. The maximum Gasteiger partial charge on any atom is 0.263 e. The van der Waals surface area contributed by atoms with Gasteiger partial charge in [-0.15, -0.1) is 0 Å². The Morgan fingerprint density at radius 2 is 2.10 bits per heavy atom. The molecule has 1 aromatic carbocycles. The molecule has 2 rings (SSSR count). The summed E-state index contributed by atoms with van der Waals surface area (Å²) in [7, 11) is -3.74. The molecule has 0 saturated carbocycles. The first kappa shape index (κ1) is 14.8. The number of nitrogens with two attached hydrogens (primary N) is 1. The largest absolute Gasteiger partial charge is 0.326 e. The van der Waals surface area contributed by atoms with Gasteiger partial charge >= 0.3 is 0 Å². The Kier molecular flexibility index (Phi) is 4.27. The van der Waals surface area contributed by atoms with Crippen LogP contribution in [-0.2, 0) is 16.6 Å². The number of rotatable bonds is 4. The van der Waals surface area contributed by atoms with Gasteiger partial charge in [-0.2, -0.15) is 0 Å². The van der Waals surface area contributed by atoms with Crippen LogP contribution in [0.2, 0.25) is 5.02 Å². The molecule has 0 aliphatic heterocycles. The second-order valence-electron chi connectivity index (χ2n) is 4.23. The topological polar surface area (TPSA) is 85.1 Å². The maximum atomic E-state index is 12.3. The van der Waals surface area contributed by atoms with E-state index in [4.69, 9.17) is 17.3 Å². The lowest BCUT2D eigenvalue weighted by Gasteiger charge is -2.10. The molecule has 0 saturated heterocycles. The molecular weight excluding hydrogens is 298 g/mol. The molecule has 1 aromatic heterocycles. The Morgan fingerprint density at radius 1 is 1.35 bits per heavy atom. The van der Waals surface area contributed by atoms with E-state index in [1.807, 2.05) is 6.92 Å². The molecule has 1 heterocycles. The average molecular weight is 312 g/mol. The van der Waals surface area contributed by atoms with Gasteiger partial charge in [0.25, 0.3) is 10.0 Å². The van der Waals surface area contributed by atoms with Crippen LogP contribution in [0.1, 0.15) is 11.1 Å². The van der Waals surface area contributed by atoms with Crippen LogP contribution in [0.25, 0.3) is 0 Å². The van der Waals surface area contributed by atoms with Gasteiger partial charge in [0.15, 0.2) is 5.82 Å². The zero-order valence-corrected chi connectivity index (χ0v) is 12.4. The average Bonchev–Trinajstić information content (AvgIpc) is 2.41. The summed E-state index contributed by atoms with van der Waals surface area (Å²) in [6.45, 7) is 2.15. The van der Waals surface area contributed by atoms with Crippen LogP contribution in [0.4, 0.5) is 5.82 Å². The van der Waals surface area contributed by atoms with Crippen LogP contribution in [0.15, 0.2) is 41.4 Å². The first-order valence-electron chi connectivity index (χ1n) is 5.87. The van der Waals surface area contributed by atoms with Crippen molar-refractivity contribution < 1.29 is 8.42 Å². The Labute approximate surface area is 122 Å². The summed E-state index contributed by atoms with van der Waals surface area (Å²) < 4.78 is 26.9. The predicted molar refractivity (Wildman–Crippen MR) is 79.1 cm³/mol. The van der Waals surface area contributed by atoms with Gasteiger partial charge in [-0.05, 0) is 42.3 Å². The van der Waals surface area contributed by atoms with Crippen LogP contribution in [0.5, 0.6) is 0 Å². The summed E-state index contributed by atoms with van der Waals surface area (Å²) >= 11 is 5.89. The Balaban J connectivity index is 2.38. The second-order valence-corrected chi connectivity index (χ2v) is 6.32. The number of aryl methyl sites for hydroxylation is 1. The van der Waals surface area contributed by atoms with Gasteiger partial charge in [0, 0.05) is 12.7 Å². The fraction of sp³-hybridized carbons (Fsp3) is 0.154. The molecule has 2 aromatic rings. The number of pyridine rings is 1. The van der Waals surface area contributed by atoms with Crippen LogP contribution in [0.3, 0.4) is 0 Å². The van der Waals surface area contributed by atoms with E-state index in [1.165, 1.54) is 12.3 Å². The van der Waals surface area contributed by atoms with Crippen molar-refractivity contribution in [2.75, 3.05) is 4.72 Å². The summed E-state index contributed by atoms with van der Waals surface area (Å²) in [6.07, 6.45) is 1.46. The van der Waals surface area contributed by atoms with E-state index >= 15 is 0 Å². The van der Waals surface area contributed by atoms with Gasteiger partial charge in [-0.3, -0.25) is 4.72 Å². The van der Waals surface area contributed by atoms with E-state index in [0.29, 0.717) is 0 Å². The van der Waals surface area contributed by atoms with Gasteiger partial charge in [0.05, 0.1) is 9.92 Å². The molecule has 0 amide bonds. The van der Waals surface area contributed by atoms with Gasteiger partial charge in [-0.25, -0.2) is 13.4 Å². The highest BCUT2D eigenvalue weighted by atomic mass is 35.5. The molecule has 3 N–H and O–H groups in total. The third kappa shape index (κ3) is 3.09. The third-order valence-corrected chi connectivity index (χ3v) is 4.48. The number of nitrogens with zero attached hydrogens (tertiary/aromatic N) is 1. The summed E-state index contributed by atoms with van der Waals surface area (Å²) in [4.78, 5) is 4.03. The first-order valence-corrected chi connectivity index (χ1v) is 7.73. The lowest BCUT2D eigenvalue weighted by Crippen LogP contribution is -2.15. The predicted octanol–water partition coefficient (Wildman–Crippen LogP) is 2.30. The van der Waals surface area contributed by atoms with Crippen molar-refractivity contribution in [3.63, 3.8) is 0 Å². The highest BCUT2D eigenvalue weighted by molar-refractivity contribution is 7.92. The smallest absolute Gasteiger partial charge is 0.263 e. The molecule has 0 radical (unpaired) electrons. The second kappa shape index (κ2) is 5.78. The number of hydrogen-bond donors (Lipinski definition) is 2. The third-order valence-electron chi connectivity index (χ3n) is 2.84. The van der Waals surface area contributed by atoms with Crippen molar-refractivity contribution in [1.82, 2.24) is 4.98 Å². The number of benzene rings is 1. The monoisotopic (exact) mass is 311 g/mol. The van der Waals surface area contributed by atoms with Crippen molar-refractivity contribution in [1.29, 1.82) is 0 Å². The lowest BCUT2D eigenvalue weighted by molar-refractivity contribution is 0.601. The van der Waals surface area contributed by atoms with E-state index in [2.05, 4.69) is 9.71 Å². The molecule has 7 heteroatoms. The highest BCUT2D eigenvalue weighted by Gasteiger charge is 2.17. The number of hydrogen-bond acceptors (Lipinski definition) is 4. The minimum absolute atomic E-state index is 0.101. The number of nitrogens with one attached hydrogen (secondary N) is 1. The molecule has 106 valence electrons. The van der Waals surface area contributed by atoms with Gasteiger partial charge in [0.1, 0.15) is 0 Å². The van der Waals surface area contributed by atoms with E-state index in [0.717, 1.165) is 11.1 Å². The molecule has 5 nitrogen and oxygen atoms in total. The van der Waals surface area contributed by atoms with Crippen LogP contribution >= 0.6 is 11.6 Å². The number of anilines is 1. The fourth-order valence-corrected chi connectivity index (χ4v) is 2.99. The van der Waals surface area contributed by atoms with Crippen molar-refractivity contribution in [3.05, 3.63) is 52.7 Å². The molecule has 0 aliphatic carbocycles. The van der Waals surface area contributed by atoms with Crippen LogP contribution < -0.4 is 10.5 Å². The van der Waals surface area contributed by atoms with Gasteiger partial charge in [0.2, 0.25) is 0 Å². The quantitative estimate of drug-likeness (QED) is 0.907. The van der Waals surface area contributed by atoms with E-state index < -0.39 is 10.0 Å². The Bertz CT molecular complexity index is 732. The van der Waals surface area contributed by atoms with Crippen molar-refractivity contribution in [3.8, 4) is 0 Å². The van der Waals surface area contributed by atoms with E-state index in [1.54, 1.807) is 24.3 Å². The van der Waals surface area contributed by atoms with Gasteiger partial charge < -0.3 is 5.73 Å². The zero-order chi connectivity index (χ0) is 14.8. The van der Waals surface area contributed by atoms with Crippen molar-refractivity contribution >= 4 is 27.4 Å². The summed E-state index contributed by atoms with van der Waals surface area (Å²) in [5.41, 5.74) is 7.32. The molecule has 0 atom stereocenters. The summed E-state index contributed by atoms with van der Waals surface area (Å²) in [5.74, 6) is 0.101. The molecule has 0 aliphatic rings. The van der Waals surface area contributed by atoms with Crippen molar-refractivity contribution in [2.24, 2.45) is 5.73 Å². The highest BCUT2D eigenvalue weighted by Crippen LogP contribution is 2.22. The number of sulfonamides is 1. The number of aromatic nitrogens is 1. The molecule has 0 spiro atoms. The Morgan fingerprint density at radius 3 is 2.75 bits per heavy atom. The van der Waals surface area contributed by atoms with E-state index in [-0.39, 0.29) is 22.3 Å².